The van der Waals surface area contributed by atoms with Crippen LogP contribution in [0.25, 0.3) is 0 Å². The Bertz CT molecular complexity index is 616. The quantitative estimate of drug-likeness (QED) is 0.871. The summed E-state index contributed by atoms with van der Waals surface area (Å²) in [6.45, 7) is 3.99. The molecule has 0 heterocycles. The smallest absolute Gasteiger partial charge is 0.238 e. The molecule has 20 heavy (non-hydrogen) atoms. The second kappa shape index (κ2) is 6.25. The Balaban J connectivity index is 3.18. The van der Waals surface area contributed by atoms with Crippen LogP contribution in [-0.2, 0) is 16.4 Å². The lowest BCUT2D eigenvalue weighted by atomic mass is 9.82. The van der Waals surface area contributed by atoms with Gasteiger partial charge in [0.05, 0.1) is 18.1 Å². The molecule has 0 radical (unpaired) electrons. The van der Waals surface area contributed by atoms with Crippen molar-refractivity contribution in [2.24, 2.45) is 10.6 Å². The third-order valence-corrected chi connectivity index (χ3v) is 4.17. The van der Waals surface area contributed by atoms with Gasteiger partial charge in [-0.2, -0.15) is 5.26 Å². The third-order valence-electron chi connectivity index (χ3n) is 3.16. The zero-order valence-electron chi connectivity index (χ0n) is 12.0. The Morgan fingerprint density at radius 3 is 2.55 bits per heavy atom. The molecule has 0 spiro atoms. The van der Waals surface area contributed by atoms with Crippen molar-refractivity contribution < 1.29 is 13.2 Å². The average molecular weight is 296 g/mol. The number of nitriles is 1. The van der Waals surface area contributed by atoms with Crippen molar-refractivity contribution in [3.05, 3.63) is 23.8 Å². The van der Waals surface area contributed by atoms with E-state index in [1.165, 1.54) is 13.2 Å². The first-order valence-corrected chi connectivity index (χ1v) is 7.81. The highest BCUT2D eigenvalue weighted by atomic mass is 32.2. The van der Waals surface area contributed by atoms with Gasteiger partial charge in [-0.15, -0.1) is 0 Å². The molecule has 0 aliphatic heterocycles. The van der Waals surface area contributed by atoms with Crippen LogP contribution in [0.1, 0.15) is 32.3 Å². The maximum absolute atomic E-state index is 11.6. The summed E-state index contributed by atoms with van der Waals surface area (Å²) < 4.78 is 28.4. The van der Waals surface area contributed by atoms with Crippen molar-refractivity contribution in [2.45, 2.75) is 38.0 Å². The van der Waals surface area contributed by atoms with Gasteiger partial charge in [0.25, 0.3) is 0 Å². The van der Waals surface area contributed by atoms with Gasteiger partial charge >= 0.3 is 0 Å². The van der Waals surface area contributed by atoms with Crippen LogP contribution in [0.5, 0.6) is 5.75 Å². The number of methoxy groups -OCH3 is 1. The molecule has 6 heteroatoms. The van der Waals surface area contributed by atoms with Crippen LogP contribution in [0.4, 0.5) is 0 Å². The van der Waals surface area contributed by atoms with Gasteiger partial charge in [-0.1, -0.05) is 13.8 Å². The van der Waals surface area contributed by atoms with Crippen molar-refractivity contribution in [3.63, 3.8) is 0 Å². The molecule has 0 amide bonds. The Labute approximate surface area is 120 Å². The van der Waals surface area contributed by atoms with E-state index in [-0.39, 0.29) is 10.3 Å². The summed E-state index contributed by atoms with van der Waals surface area (Å²) in [7, 11) is -2.25. The molecular formula is C14H20N2O3S. The summed E-state index contributed by atoms with van der Waals surface area (Å²) >= 11 is 0. The van der Waals surface area contributed by atoms with E-state index in [4.69, 9.17) is 15.1 Å². The molecule has 0 atom stereocenters. The molecule has 0 aliphatic carbocycles. The number of nitrogens with two attached hydrogens (primary N) is 1. The van der Waals surface area contributed by atoms with Crippen LogP contribution < -0.4 is 9.88 Å². The van der Waals surface area contributed by atoms with Gasteiger partial charge in [0.2, 0.25) is 10.0 Å². The fraction of sp³-hybridized carbons (Fsp3) is 0.500. The molecule has 0 unspecified atom stereocenters. The minimum absolute atomic E-state index is 0.114. The van der Waals surface area contributed by atoms with Crippen LogP contribution in [-0.4, -0.2) is 15.5 Å². The zero-order chi connectivity index (χ0) is 15.4. The van der Waals surface area contributed by atoms with Gasteiger partial charge < -0.3 is 4.74 Å². The number of benzene rings is 1. The molecule has 110 valence electrons. The maximum atomic E-state index is 11.6. The predicted molar refractivity (Wildman–Crippen MR) is 76.7 cm³/mol. The molecule has 0 bridgehead atoms. The molecule has 1 rings (SSSR count). The highest BCUT2D eigenvalue weighted by molar-refractivity contribution is 7.89. The first-order valence-electron chi connectivity index (χ1n) is 6.26. The maximum Gasteiger partial charge on any atom is 0.238 e. The number of sulfonamides is 1. The van der Waals surface area contributed by atoms with Crippen LogP contribution in [0.15, 0.2) is 23.1 Å². The molecule has 5 nitrogen and oxygen atoms in total. The summed E-state index contributed by atoms with van der Waals surface area (Å²) in [5.74, 6) is 0.587. The first-order chi connectivity index (χ1) is 9.19. The van der Waals surface area contributed by atoms with Crippen molar-refractivity contribution in [3.8, 4) is 11.8 Å². The molecule has 1 aromatic rings. The largest absolute Gasteiger partial charge is 0.497 e. The number of rotatable bonds is 6. The lowest BCUT2D eigenvalue weighted by molar-refractivity contribution is 0.334. The Morgan fingerprint density at radius 1 is 1.40 bits per heavy atom. The summed E-state index contributed by atoms with van der Waals surface area (Å²) in [6.07, 6.45) is 1.63. The van der Waals surface area contributed by atoms with E-state index < -0.39 is 10.0 Å². The van der Waals surface area contributed by atoms with Crippen molar-refractivity contribution in [1.29, 1.82) is 5.26 Å². The van der Waals surface area contributed by atoms with E-state index in [1.54, 1.807) is 12.1 Å². The number of hydrogen-bond acceptors (Lipinski definition) is 4. The van der Waals surface area contributed by atoms with Crippen LogP contribution in [0.3, 0.4) is 0 Å². The van der Waals surface area contributed by atoms with Gasteiger partial charge in [-0.05, 0) is 42.0 Å². The van der Waals surface area contributed by atoms with Crippen molar-refractivity contribution in [1.82, 2.24) is 0 Å². The first kappa shape index (κ1) is 16.5. The number of primary sulfonamides is 1. The van der Waals surface area contributed by atoms with Crippen LogP contribution in [0, 0.1) is 16.7 Å². The third kappa shape index (κ3) is 4.51. The number of nitrogens with zero attached hydrogens (tertiary/aromatic N) is 1. The number of ether oxygens (including phenoxy) is 1. The molecule has 0 aromatic heterocycles. The van der Waals surface area contributed by atoms with Crippen molar-refractivity contribution in [2.75, 3.05) is 7.11 Å². The van der Waals surface area contributed by atoms with E-state index in [9.17, 15) is 8.42 Å². The van der Waals surface area contributed by atoms with Gasteiger partial charge in [0.15, 0.2) is 0 Å². The summed E-state index contributed by atoms with van der Waals surface area (Å²) in [4.78, 5) is 0.114. The molecule has 0 saturated carbocycles. The zero-order valence-corrected chi connectivity index (χ0v) is 12.8. The Morgan fingerprint density at radius 2 is 2.05 bits per heavy atom. The van der Waals surface area contributed by atoms with E-state index in [0.717, 1.165) is 0 Å². The molecule has 0 saturated heterocycles. The van der Waals surface area contributed by atoms with Gasteiger partial charge in [-0.3, -0.25) is 0 Å². The monoisotopic (exact) mass is 296 g/mol. The number of hydrogen-bond donors (Lipinski definition) is 1. The Kier molecular flexibility index (Phi) is 5.15. The van der Waals surface area contributed by atoms with Crippen LogP contribution >= 0.6 is 0 Å². The highest BCUT2D eigenvalue weighted by Gasteiger charge is 2.23. The van der Waals surface area contributed by atoms with E-state index >= 15 is 0 Å². The molecule has 2 N–H and O–H groups in total. The Hall–Kier alpha value is -1.58. The standard InChI is InChI=1S/C14H20N2O3S/c1-14(2,7-4-8-15)10-11-9-12(19-3)5-6-13(11)20(16,17)18/h5-6,9H,4,7,10H2,1-3H3,(H2,16,17,18). The SMILES string of the molecule is COc1ccc(S(N)(=O)=O)c(CC(C)(C)CCC#N)c1. The van der Waals surface area contributed by atoms with E-state index in [1.807, 2.05) is 13.8 Å². The molecule has 0 aliphatic rings. The highest BCUT2D eigenvalue weighted by Crippen LogP contribution is 2.31. The minimum atomic E-state index is -3.77. The minimum Gasteiger partial charge on any atom is -0.497 e. The normalized spacial score (nSPS) is 11.9. The fourth-order valence-electron chi connectivity index (χ4n) is 2.10. The summed E-state index contributed by atoms with van der Waals surface area (Å²) in [6, 6.07) is 6.83. The average Bonchev–Trinajstić information content (AvgIpc) is 2.34. The lowest BCUT2D eigenvalue weighted by Crippen LogP contribution is -2.20. The van der Waals surface area contributed by atoms with Gasteiger partial charge in [0.1, 0.15) is 5.75 Å². The predicted octanol–water partition coefficient (Wildman–Crippen LogP) is 2.22. The summed E-state index contributed by atoms with van der Waals surface area (Å²) in [5, 5.41) is 13.9. The second-order valence-corrected chi connectivity index (χ2v) is 7.05. The van der Waals surface area contributed by atoms with Gasteiger partial charge in [0, 0.05) is 6.42 Å². The topological polar surface area (TPSA) is 93.2 Å². The summed E-state index contributed by atoms with van der Waals surface area (Å²) in [5.41, 5.74) is 0.427. The molecule has 1 aromatic carbocycles. The second-order valence-electron chi connectivity index (χ2n) is 5.52. The van der Waals surface area contributed by atoms with Crippen LogP contribution in [0.2, 0.25) is 0 Å². The van der Waals surface area contributed by atoms with Crippen molar-refractivity contribution >= 4 is 10.0 Å². The van der Waals surface area contributed by atoms with E-state index in [2.05, 4.69) is 6.07 Å². The fourth-order valence-corrected chi connectivity index (χ4v) is 2.85. The molecular weight excluding hydrogens is 276 g/mol. The van der Waals surface area contributed by atoms with Gasteiger partial charge in [-0.25, -0.2) is 13.6 Å². The lowest BCUT2D eigenvalue weighted by Gasteiger charge is -2.24. The van der Waals surface area contributed by atoms with E-state index in [0.29, 0.717) is 30.6 Å². The molecule has 0 fully saturated rings.